The summed E-state index contributed by atoms with van der Waals surface area (Å²) in [4.78, 5) is 23.3. The third-order valence-electron chi connectivity index (χ3n) is 5.15. The molecular weight excluding hydrogens is 440 g/mol. The second-order valence-corrected chi connectivity index (χ2v) is 7.23. The van der Waals surface area contributed by atoms with Crippen LogP contribution in [0.2, 0.25) is 0 Å². The maximum Gasteiger partial charge on any atom is 0.282 e. The normalized spacial score (nSPS) is 11.4. The Balaban J connectivity index is 1.83. The summed E-state index contributed by atoms with van der Waals surface area (Å²) in [6.07, 6.45) is -0.643. The number of carbonyl (C=O) groups excluding carboxylic acids is 1. The van der Waals surface area contributed by atoms with Gasteiger partial charge < -0.3 is 24.3 Å². The van der Waals surface area contributed by atoms with Gasteiger partial charge in [-0.2, -0.15) is 0 Å². The van der Waals surface area contributed by atoms with E-state index in [1.165, 1.54) is 39.5 Å². The van der Waals surface area contributed by atoms with E-state index in [0.717, 1.165) is 5.56 Å². The van der Waals surface area contributed by atoms with Gasteiger partial charge in [-0.05, 0) is 17.7 Å². The van der Waals surface area contributed by atoms with Crippen molar-refractivity contribution >= 4 is 11.6 Å². The molecule has 3 aromatic rings. The van der Waals surface area contributed by atoms with E-state index in [-0.39, 0.29) is 17.8 Å². The molecule has 1 N–H and O–H groups in total. The largest absolute Gasteiger partial charge is 0.493 e. The Morgan fingerprint density at radius 1 is 1.00 bits per heavy atom. The minimum Gasteiger partial charge on any atom is -0.493 e. The molecule has 0 aliphatic carbocycles. The fraction of sp³-hybridized carbons (Fsp3) is 0.240. The number of hydrogen-bond donors (Lipinski definition) is 1. The molecular formula is C25H26N2O7. The maximum absolute atomic E-state index is 12.7. The molecule has 1 atom stereocenters. The lowest BCUT2D eigenvalue weighted by molar-refractivity contribution is -0.385. The Morgan fingerprint density at radius 2 is 1.71 bits per heavy atom. The highest BCUT2D eigenvalue weighted by atomic mass is 16.6. The highest BCUT2D eigenvalue weighted by Gasteiger charge is 2.24. The van der Waals surface area contributed by atoms with Crippen LogP contribution in [-0.2, 0) is 11.3 Å². The van der Waals surface area contributed by atoms with Gasteiger partial charge in [-0.3, -0.25) is 14.9 Å². The molecule has 1 unspecified atom stereocenters. The SMILES string of the molecule is COc1cc(OCc2ccccc2)cc(C(CNC(=O)c2ccccc2[N+](=O)[O-])OC)c1OC. The first-order valence-corrected chi connectivity index (χ1v) is 10.5. The summed E-state index contributed by atoms with van der Waals surface area (Å²) in [5.74, 6) is 0.817. The fourth-order valence-corrected chi connectivity index (χ4v) is 3.46. The van der Waals surface area contributed by atoms with Crippen LogP contribution in [0.1, 0.15) is 27.6 Å². The van der Waals surface area contributed by atoms with Crippen molar-refractivity contribution in [2.45, 2.75) is 12.7 Å². The van der Waals surface area contributed by atoms with Gasteiger partial charge in [0.05, 0.1) is 19.1 Å². The first-order chi connectivity index (χ1) is 16.5. The minimum atomic E-state index is -0.643. The number of hydrogen-bond acceptors (Lipinski definition) is 7. The number of nitrogens with one attached hydrogen (secondary N) is 1. The molecule has 0 radical (unpaired) electrons. The average Bonchev–Trinajstić information content (AvgIpc) is 2.87. The lowest BCUT2D eigenvalue weighted by Gasteiger charge is -2.22. The van der Waals surface area contributed by atoms with E-state index in [1.54, 1.807) is 18.2 Å². The van der Waals surface area contributed by atoms with Gasteiger partial charge in [0.1, 0.15) is 24.0 Å². The molecule has 3 aromatic carbocycles. The second-order valence-electron chi connectivity index (χ2n) is 7.23. The van der Waals surface area contributed by atoms with Gasteiger partial charge in [-0.15, -0.1) is 0 Å². The van der Waals surface area contributed by atoms with E-state index in [2.05, 4.69) is 5.32 Å². The van der Waals surface area contributed by atoms with Crippen molar-refractivity contribution in [2.75, 3.05) is 27.9 Å². The van der Waals surface area contributed by atoms with Crippen molar-refractivity contribution < 1.29 is 28.7 Å². The number of benzene rings is 3. The molecule has 0 saturated heterocycles. The summed E-state index contributed by atoms with van der Waals surface area (Å²) in [6.45, 7) is 0.380. The first kappa shape index (κ1) is 24.5. The summed E-state index contributed by atoms with van der Waals surface area (Å²) >= 11 is 0. The zero-order valence-corrected chi connectivity index (χ0v) is 19.1. The summed E-state index contributed by atoms with van der Waals surface area (Å²) in [5.41, 5.74) is 1.28. The molecule has 9 nitrogen and oxygen atoms in total. The van der Waals surface area contributed by atoms with Crippen molar-refractivity contribution in [1.82, 2.24) is 5.32 Å². The summed E-state index contributed by atoms with van der Waals surface area (Å²) < 4.78 is 22.6. The maximum atomic E-state index is 12.7. The van der Waals surface area contributed by atoms with Gasteiger partial charge in [-0.25, -0.2) is 0 Å². The molecule has 178 valence electrons. The Hall–Kier alpha value is -4.11. The van der Waals surface area contributed by atoms with Crippen LogP contribution in [0.25, 0.3) is 0 Å². The van der Waals surface area contributed by atoms with Gasteiger partial charge >= 0.3 is 0 Å². The quantitative estimate of drug-likeness (QED) is 0.331. The first-order valence-electron chi connectivity index (χ1n) is 10.5. The standard InChI is InChI=1S/C25H26N2O7/c1-31-22-14-18(34-16-17-9-5-4-6-10-17)13-20(24(22)33-3)23(32-2)15-26-25(28)19-11-7-8-12-21(19)27(29)30/h4-14,23H,15-16H2,1-3H3,(H,26,28). The number of ether oxygens (including phenoxy) is 4. The fourth-order valence-electron chi connectivity index (χ4n) is 3.46. The van der Waals surface area contributed by atoms with Crippen LogP contribution >= 0.6 is 0 Å². The highest BCUT2D eigenvalue weighted by Crippen LogP contribution is 2.40. The average molecular weight is 466 g/mol. The van der Waals surface area contributed by atoms with Crippen molar-refractivity contribution in [2.24, 2.45) is 0 Å². The molecule has 1 amide bonds. The van der Waals surface area contributed by atoms with Crippen LogP contribution in [0.15, 0.2) is 66.7 Å². The van der Waals surface area contributed by atoms with Crippen LogP contribution in [0.3, 0.4) is 0 Å². The van der Waals surface area contributed by atoms with Crippen LogP contribution in [0, 0.1) is 10.1 Å². The number of nitrogens with zero attached hydrogens (tertiary/aromatic N) is 1. The molecule has 0 fully saturated rings. The molecule has 0 saturated carbocycles. The van der Waals surface area contributed by atoms with Crippen LogP contribution in [0.5, 0.6) is 17.2 Å². The van der Waals surface area contributed by atoms with Gasteiger partial charge in [0.2, 0.25) is 0 Å². The third kappa shape index (κ3) is 5.81. The molecule has 34 heavy (non-hydrogen) atoms. The Kier molecular flexibility index (Phi) is 8.42. The van der Waals surface area contributed by atoms with E-state index in [0.29, 0.717) is 29.4 Å². The van der Waals surface area contributed by atoms with E-state index in [9.17, 15) is 14.9 Å². The number of para-hydroxylation sites is 1. The summed E-state index contributed by atoms with van der Waals surface area (Å²) in [5, 5.41) is 14.0. The molecule has 0 aliphatic heterocycles. The molecule has 0 heterocycles. The predicted molar refractivity (Wildman–Crippen MR) is 125 cm³/mol. The number of amides is 1. The number of nitro groups is 1. The molecule has 9 heteroatoms. The van der Waals surface area contributed by atoms with E-state index < -0.39 is 16.9 Å². The zero-order chi connectivity index (χ0) is 24.5. The Labute approximate surface area is 197 Å². The molecule has 0 aromatic heterocycles. The predicted octanol–water partition coefficient (Wildman–Crippen LogP) is 4.31. The van der Waals surface area contributed by atoms with E-state index in [4.69, 9.17) is 18.9 Å². The van der Waals surface area contributed by atoms with E-state index >= 15 is 0 Å². The highest BCUT2D eigenvalue weighted by molar-refractivity contribution is 5.98. The smallest absolute Gasteiger partial charge is 0.282 e. The van der Waals surface area contributed by atoms with Crippen molar-refractivity contribution in [3.8, 4) is 17.2 Å². The van der Waals surface area contributed by atoms with Crippen LogP contribution in [-0.4, -0.2) is 38.7 Å². The van der Waals surface area contributed by atoms with Gasteiger partial charge in [-0.1, -0.05) is 42.5 Å². The molecule has 0 spiro atoms. The van der Waals surface area contributed by atoms with Gasteiger partial charge in [0.15, 0.2) is 11.5 Å². The third-order valence-corrected chi connectivity index (χ3v) is 5.15. The second kappa shape index (κ2) is 11.7. The van der Waals surface area contributed by atoms with Crippen LogP contribution < -0.4 is 19.5 Å². The lowest BCUT2D eigenvalue weighted by atomic mass is 10.1. The molecule has 0 aliphatic rings. The van der Waals surface area contributed by atoms with Crippen molar-refractivity contribution in [3.05, 3.63) is 93.5 Å². The molecule has 3 rings (SSSR count). The van der Waals surface area contributed by atoms with Crippen molar-refractivity contribution in [3.63, 3.8) is 0 Å². The van der Waals surface area contributed by atoms with Crippen LogP contribution in [0.4, 0.5) is 5.69 Å². The summed E-state index contributed by atoms with van der Waals surface area (Å²) in [6, 6.07) is 18.9. The minimum absolute atomic E-state index is 0.0308. The monoisotopic (exact) mass is 466 g/mol. The zero-order valence-electron chi connectivity index (χ0n) is 19.1. The Morgan fingerprint density at radius 3 is 2.35 bits per heavy atom. The number of nitro benzene ring substituents is 1. The van der Waals surface area contributed by atoms with E-state index in [1.807, 2.05) is 30.3 Å². The number of carbonyl (C=O) groups is 1. The van der Waals surface area contributed by atoms with Gasteiger partial charge in [0, 0.05) is 31.4 Å². The summed E-state index contributed by atoms with van der Waals surface area (Å²) in [7, 11) is 4.51. The van der Waals surface area contributed by atoms with Gasteiger partial charge in [0.25, 0.3) is 11.6 Å². The lowest BCUT2D eigenvalue weighted by Crippen LogP contribution is -2.29. The van der Waals surface area contributed by atoms with Crippen molar-refractivity contribution in [1.29, 1.82) is 0 Å². The number of rotatable bonds is 11. The molecule has 0 bridgehead atoms. The topological polar surface area (TPSA) is 109 Å². The Bertz CT molecular complexity index is 1140. The number of methoxy groups -OCH3 is 3.